The monoisotopic (exact) mass is 378 g/mol. The van der Waals surface area contributed by atoms with Gasteiger partial charge in [-0.05, 0) is 0 Å². The standard InChI is InChI=1S/2C3H6S2.CH4S.Sb/c2*4-3-1-2-5-3;1-2;/h2*3-4H,1-2H2;2H,1H3;/q;;;+3/p-3. The van der Waals surface area contributed by atoms with E-state index < -0.39 is 16.0 Å². The summed E-state index contributed by atoms with van der Waals surface area (Å²) in [5, 5.41) is 0. The molecule has 2 rings (SSSR count). The normalized spacial score (nSPS) is 32.8. The number of thioether (sulfide) groups is 2. The van der Waals surface area contributed by atoms with Gasteiger partial charge in [0.15, 0.2) is 0 Å². The SMILES string of the molecule is C[S][Sb]([S]C1CCS1)[S]C1CCS1. The molecule has 13 heavy (non-hydrogen) atoms. The van der Waals surface area contributed by atoms with Crippen LogP contribution in [0.4, 0.5) is 0 Å². The second-order valence-electron chi connectivity index (χ2n) is 2.80. The molecule has 0 aromatic carbocycles. The van der Waals surface area contributed by atoms with E-state index in [0.29, 0.717) is 0 Å². The second kappa shape index (κ2) is 6.34. The Morgan fingerprint density at radius 3 is 1.77 bits per heavy atom. The van der Waals surface area contributed by atoms with E-state index in [1.54, 1.807) is 0 Å². The molecule has 0 spiro atoms. The summed E-state index contributed by atoms with van der Waals surface area (Å²) >= 11 is 3.37. The van der Waals surface area contributed by atoms with Crippen molar-refractivity contribution < 1.29 is 0 Å². The van der Waals surface area contributed by atoms with Crippen molar-refractivity contribution in [1.29, 1.82) is 0 Å². The molecule has 2 heterocycles. The van der Waals surface area contributed by atoms with Crippen molar-refractivity contribution in [1.82, 2.24) is 0 Å². The molecule has 2 atom stereocenters. The molecule has 0 aliphatic carbocycles. The van der Waals surface area contributed by atoms with Crippen molar-refractivity contribution in [3.8, 4) is 0 Å². The van der Waals surface area contributed by atoms with Crippen LogP contribution in [-0.2, 0) is 0 Å². The Kier molecular flexibility index (Phi) is 5.87. The Balaban J connectivity index is 1.65. The molecule has 0 radical (unpaired) electrons. The first-order valence-corrected chi connectivity index (χ1v) is 18.6. The van der Waals surface area contributed by atoms with Gasteiger partial charge < -0.3 is 0 Å². The van der Waals surface area contributed by atoms with Crippen molar-refractivity contribution in [2.45, 2.75) is 22.0 Å². The summed E-state index contributed by atoms with van der Waals surface area (Å²) in [6, 6.07) is 0. The summed E-state index contributed by atoms with van der Waals surface area (Å²) < 4.78 is 1.99. The van der Waals surface area contributed by atoms with Crippen molar-refractivity contribution in [3.05, 3.63) is 0 Å². The number of hydrogen-bond acceptors (Lipinski definition) is 5. The first-order chi connectivity index (χ1) is 6.38. The van der Waals surface area contributed by atoms with Crippen LogP contribution in [0.15, 0.2) is 0 Å². The fraction of sp³-hybridized carbons (Fsp3) is 1.00. The van der Waals surface area contributed by atoms with E-state index in [-0.39, 0.29) is 0 Å². The molecular formula is C7H13S5Sb. The van der Waals surface area contributed by atoms with E-state index in [1.807, 2.05) is 0 Å². The third-order valence-corrected chi connectivity index (χ3v) is 32.3. The van der Waals surface area contributed by atoms with Crippen LogP contribution in [0.1, 0.15) is 12.8 Å². The van der Waals surface area contributed by atoms with E-state index in [0.717, 1.165) is 9.16 Å². The maximum absolute atomic E-state index is 2.37. The van der Waals surface area contributed by atoms with E-state index in [1.165, 1.54) is 24.3 Å². The van der Waals surface area contributed by atoms with Gasteiger partial charge in [0.1, 0.15) is 0 Å². The Bertz CT molecular complexity index is 143. The van der Waals surface area contributed by atoms with Crippen molar-refractivity contribution in [2.75, 3.05) is 17.8 Å². The first-order valence-electron chi connectivity index (χ1n) is 4.29. The Hall–Kier alpha value is 2.57. The third-order valence-electron chi connectivity index (χ3n) is 1.87. The minimum absolute atomic E-state index is 0.982. The molecule has 2 saturated heterocycles. The summed E-state index contributed by atoms with van der Waals surface area (Å²) in [6.07, 6.45) is 5.29. The molecule has 0 nitrogen and oxygen atoms in total. The Labute approximate surface area is 104 Å². The summed E-state index contributed by atoms with van der Waals surface area (Å²) in [4.78, 5) is 0. The van der Waals surface area contributed by atoms with Crippen LogP contribution >= 0.6 is 50.1 Å². The molecule has 0 aromatic heterocycles. The molecule has 76 valence electrons. The zero-order valence-corrected chi connectivity index (χ0v) is 14.1. The van der Waals surface area contributed by atoms with E-state index in [9.17, 15) is 0 Å². The summed E-state index contributed by atoms with van der Waals surface area (Å²) in [7, 11) is 6.94. The average molecular weight is 379 g/mol. The Morgan fingerprint density at radius 1 is 1.08 bits per heavy atom. The summed E-state index contributed by atoms with van der Waals surface area (Å²) in [6.45, 7) is 0. The molecule has 0 saturated carbocycles. The predicted octanol–water partition coefficient (Wildman–Crippen LogP) is 3.73. The molecule has 2 aliphatic heterocycles. The van der Waals surface area contributed by atoms with E-state index in [4.69, 9.17) is 0 Å². The van der Waals surface area contributed by atoms with Gasteiger partial charge in [-0.15, -0.1) is 0 Å². The molecule has 6 heteroatoms. The molecule has 0 amide bonds. The van der Waals surface area contributed by atoms with Gasteiger partial charge in [0, 0.05) is 0 Å². The topological polar surface area (TPSA) is 0 Å². The van der Waals surface area contributed by atoms with E-state index >= 15 is 0 Å². The molecule has 0 N–H and O–H groups in total. The first kappa shape index (κ1) is 12.0. The van der Waals surface area contributed by atoms with Gasteiger partial charge in [-0.1, -0.05) is 0 Å². The molecular weight excluding hydrogens is 366 g/mol. The van der Waals surface area contributed by atoms with Crippen molar-refractivity contribution in [2.24, 2.45) is 0 Å². The van der Waals surface area contributed by atoms with Gasteiger partial charge in [0.2, 0.25) is 0 Å². The van der Waals surface area contributed by atoms with Gasteiger partial charge >= 0.3 is 106 Å². The molecule has 2 unspecified atom stereocenters. The zero-order chi connectivity index (χ0) is 9.10. The van der Waals surface area contributed by atoms with Gasteiger partial charge in [-0.2, -0.15) is 0 Å². The minimum atomic E-state index is -0.982. The van der Waals surface area contributed by atoms with Crippen LogP contribution < -0.4 is 0 Å². The predicted molar refractivity (Wildman–Crippen MR) is 76.2 cm³/mol. The second-order valence-corrected chi connectivity index (χ2v) is 28.0. The van der Waals surface area contributed by atoms with Gasteiger partial charge in [-0.25, -0.2) is 0 Å². The number of hydrogen-bond donors (Lipinski definition) is 0. The van der Waals surface area contributed by atoms with Crippen LogP contribution in [0.3, 0.4) is 0 Å². The quantitative estimate of drug-likeness (QED) is 0.666. The molecule has 0 bridgehead atoms. The third kappa shape index (κ3) is 3.81. The Morgan fingerprint density at radius 2 is 1.54 bits per heavy atom. The summed E-state index contributed by atoms with van der Waals surface area (Å²) in [5.41, 5.74) is 0. The van der Waals surface area contributed by atoms with Gasteiger partial charge in [-0.3, -0.25) is 0 Å². The summed E-state index contributed by atoms with van der Waals surface area (Å²) in [5.74, 6) is 2.84. The van der Waals surface area contributed by atoms with Gasteiger partial charge in [0.05, 0.1) is 0 Å². The van der Waals surface area contributed by atoms with Crippen LogP contribution in [0.5, 0.6) is 0 Å². The van der Waals surface area contributed by atoms with E-state index in [2.05, 4.69) is 56.3 Å². The number of rotatable bonds is 5. The van der Waals surface area contributed by atoms with Crippen LogP contribution in [0.2, 0.25) is 0 Å². The van der Waals surface area contributed by atoms with Crippen LogP contribution in [0.25, 0.3) is 0 Å². The van der Waals surface area contributed by atoms with Crippen molar-refractivity contribution in [3.63, 3.8) is 0 Å². The maximum atomic E-state index is 2.37. The van der Waals surface area contributed by atoms with Crippen LogP contribution in [0, 0.1) is 0 Å². The fourth-order valence-electron chi connectivity index (χ4n) is 0.897. The zero-order valence-electron chi connectivity index (χ0n) is 7.47. The van der Waals surface area contributed by atoms with Gasteiger partial charge in [0.25, 0.3) is 0 Å². The average Bonchev–Trinajstić information content (AvgIpc) is 1.98. The molecule has 2 aliphatic rings. The molecule has 0 aromatic rings. The fourth-order valence-corrected chi connectivity index (χ4v) is 35.0. The van der Waals surface area contributed by atoms with Crippen LogP contribution in [-0.4, -0.2) is 42.9 Å². The molecule has 2 fully saturated rings. The van der Waals surface area contributed by atoms with Crippen molar-refractivity contribution >= 4 is 66.1 Å².